The Morgan fingerprint density at radius 1 is 1.32 bits per heavy atom. The Morgan fingerprint density at radius 3 is 2.63 bits per heavy atom. The number of hydrogen-bond acceptors (Lipinski definition) is 4. The monoisotopic (exact) mass is 260 g/mol. The summed E-state index contributed by atoms with van der Waals surface area (Å²) in [5, 5.41) is 14.1. The van der Waals surface area contributed by atoms with Crippen LogP contribution in [-0.2, 0) is 6.42 Å². The Morgan fingerprint density at radius 2 is 2.05 bits per heavy atom. The number of para-hydroxylation sites is 1. The molecule has 1 aromatic heterocycles. The van der Waals surface area contributed by atoms with Gasteiger partial charge in [0.25, 0.3) is 5.69 Å². The minimum absolute atomic E-state index is 0.0743. The average molecular weight is 260 g/mol. The van der Waals surface area contributed by atoms with E-state index in [4.69, 9.17) is 4.42 Å². The number of likely N-dealkylation sites (N-methyl/N-ethyl adjacent to an activating group) is 1. The van der Waals surface area contributed by atoms with Crippen LogP contribution in [0.4, 0.5) is 5.69 Å². The van der Waals surface area contributed by atoms with Crippen LogP contribution in [0.3, 0.4) is 0 Å². The highest BCUT2D eigenvalue weighted by Crippen LogP contribution is 2.25. The molecular formula is C14H16N2O3. The number of nitro groups is 1. The molecule has 0 aliphatic heterocycles. The molecule has 0 fully saturated rings. The Labute approximate surface area is 111 Å². The first-order valence-electron chi connectivity index (χ1n) is 6.07. The summed E-state index contributed by atoms with van der Waals surface area (Å²) in [6.07, 6.45) is 0.514. The third kappa shape index (κ3) is 3.00. The van der Waals surface area contributed by atoms with Crippen molar-refractivity contribution in [2.24, 2.45) is 0 Å². The zero-order chi connectivity index (χ0) is 13.8. The highest BCUT2D eigenvalue weighted by atomic mass is 16.6. The van der Waals surface area contributed by atoms with Crippen molar-refractivity contribution in [1.82, 2.24) is 5.32 Å². The molecule has 1 N–H and O–H groups in total. The molecular weight excluding hydrogens is 244 g/mol. The molecule has 0 radical (unpaired) electrons. The highest BCUT2D eigenvalue weighted by Gasteiger charge is 2.19. The van der Waals surface area contributed by atoms with Gasteiger partial charge < -0.3 is 9.73 Å². The molecule has 2 aromatic rings. The van der Waals surface area contributed by atoms with Gasteiger partial charge in [0.2, 0.25) is 0 Å². The van der Waals surface area contributed by atoms with Crippen LogP contribution in [0.2, 0.25) is 0 Å². The van der Waals surface area contributed by atoms with E-state index in [1.807, 2.05) is 32.2 Å². The first-order chi connectivity index (χ1) is 9.11. The van der Waals surface area contributed by atoms with Crippen LogP contribution in [0.1, 0.15) is 23.1 Å². The smallest absolute Gasteiger partial charge is 0.272 e. The van der Waals surface area contributed by atoms with Gasteiger partial charge in [-0.25, -0.2) is 0 Å². The van der Waals surface area contributed by atoms with E-state index < -0.39 is 0 Å². The van der Waals surface area contributed by atoms with Crippen molar-refractivity contribution in [2.45, 2.75) is 19.4 Å². The standard InChI is InChI=1S/C14H16N2O3/c1-10-7-8-14(19-10)12(15-2)9-11-5-3-4-6-13(11)16(17)18/h3-8,12,15H,9H2,1-2H3. The molecule has 0 aliphatic rings. The van der Waals surface area contributed by atoms with Gasteiger partial charge in [-0.15, -0.1) is 0 Å². The molecule has 1 aromatic carbocycles. The van der Waals surface area contributed by atoms with Gasteiger partial charge in [0.05, 0.1) is 11.0 Å². The van der Waals surface area contributed by atoms with Gasteiger partial charge in [-0.2, -0.15) is 0 Å². The first-order valence-corrected chi connectivity index (χ1v) is 6.07. The molecule has 2 rings (SSSR count). The van der Waals surface area contributed by atoms with Crippen molar-refractivity contribution in [2.75, 3.05) is 7.05 Å². The van der Waals surface area contributed by atoms with Crippen LogP contribution >= 0.6 is 0 Å². The van der Waals surface area contributed by atoms with Crippen LogP contribution in [0.25, 0.3) is 0 Å². The van der Waals surface area contributed by atoms with Crippen LogP contribution in [0.15, 0.2) is 40.8 Å². The minimum atomic E-state index is -0.352. The van der Waals surface area contributed by atoms with Crippen molar-refractivity contribution in [3.63, 3.8) is 0 Å². The average Bonchev–Trinajstić information content (AvgIpc) is 2.82. The number of hydrogen-bond donors (Lipinski definition) is 1. The van der Waals surface area contributed by atoms with Crippen LogP contribution in [-0.4, -0.2) is 12.0 Å². The number of aryl methyl sites for hydroxylation is 1. The zero-order valence-electron chi connectivity index (χ0n) is 10.9. The lowest BCUT2D eigenvalue weighted by molar-refractivity contribution is -0.385. The van der Waals surface area contributed by atoms with E-state index in [-0.39, 0.29) is 16.7 Å². The summed E-state index contributed by atoms with van der Waals surface area (Å²) < 4.78 is 5.58. The van der Waals surface area contributed by atoms with E-state index in [1.54, 1.807) is 12.1 Å². The Kier molecular flexibility index (Phi) is 3.97. The van der Waals surface area contributed by atoms with Gasteiger partial charge >= 0.3 is 0 Å². The summed E-state index contributed by atoms with van der Waals surface area (Å²) in [4.78, 5) is 10.6. The summed E-state index contributed by atoms with van der Waals surface area (Å²) in [5.74, 6) is 1.62. The lowest BCUT2D eigenvalue weighted by Crippen LogP contribution is -2.18. The minimum Gasteiger partial charge on any atom is -0.465 e. The Balaban J connectivity index is 2.26. The number of nitrogens with zero attached hydrogens (tertiary/aromatic N) is 1. The summed E-state index contributed by atoms with van der Waals surface area (Å²) >= 11 is 0. The fraction of sp³-hybridized carbons (Fsp3) is 0.286. The normalized spacial score (nSPS) is 12.3. The second kappa shape index (κ2) is 5.67. The molecule has 0 spiro atoms. The SMILES string of the molecule is CNC(Cc1ccccc1[N+](=O)[O-])c1ccc(C)o1. The van der Waals surface area contributed by atoms with Crippen molar-refractivity contribution in [3.8, 4) is 0 Å². The third-order valence-electron chi connectivity index (χ3n) is 3.07. The number of nitrogens with one attached hydrogen (secondary N) is 1. The molecule has 0 bridgehead atoms. The number of rotatable bonds is 5. The molecule has 100 valence electrons. The van der Waals surface area contributed by atoms with Crippen molar-refractivity contribution in [3.05, 3.63) is 63.6 Å². The second-order valence-corrected chi connectivity index (χ2v) is 4.38. The molecule has 1 heterocycles. The molecule has 0 amide bonds. The predicted molar refractivity (Wildman–Crippen MR) is 72.0 cm³/mol. The Hall–Kier alpha value is -2.14. The molecule has 1 unspecified atom stereocenters. The van der Waals surface area contributed by atoms with Gasteiger partial charge in [0, 0.05) is 18.1 Å². The lowest BCUT2D eigenvalue weighted by Gasteiger charge is -2.13. The Bertz CT molecular complexity index is 578. The second-order valence-electron chi connectivity index (χ2n) is 4.38. The molecule has 5 nitrogen and oxygen atoms in total. The lowest BCUT2D eigenvalue weighted by atomic mass is 10.0. The molecule has 19 heavy (non-hydrogen) atoms. The van der Waals surface area contributed by atoms with E-state index >= 15 is 0 Å². The summed E-state index contributed by atoms with van der Waals surface area (Å²) in [6, 6.07) is 10.5. The molecule has 0 saturated heterocycles. The molecule has 0 saturated carbocycles. The summed E-state index contributed by atoms with van der Waals surface area (Å²) in [7, 11) is 1.82. The van der Waals surface area contributed by atoms with Crippen molar-refractivity contribution in [1.29, 1.82) is 0 Å². The van der Waals surface area contributed by atoms with Crippen molar-refractivity contribution < 1.29 is 9.34 Å². The first kappa shape index (κ1) is 13.3. The third-order valence-corrected chi connectivity index (χ3v) is 3.07. The largest absolute Gasteiger partial charge is 0.465 e. The summed E-state index contributed by atoms with van der Waals surface area (Å²) in [5.41, 5.74) is 0.840. The molecule has 0 aliphatic carbocycles. The van der Waals surface area contributed by atoms with Crippen LogP contribution < -0.4 is 5.32 Å². The fourth-order valence-electron chi connectivity index (χ4n) is 2.07. The summed E-state index contributed by atoms with van der Waals surface area (Å²) in [6.45, 7) is 1.88. The van der Waals surface area contributed by atoms with Gasteiger partial charge in [0.1, 0.15) is 11.5 Å². The molecule has 5 heteroatoms. The quantitative estimate of drug-likeness (QED) is 0.662. The van der Waals surface area contributed by atoms with E-state index in [0.717, 1.165) is 11.5 Å². The van der Waals surface area contributed by atoms with Gasteiger partial charge in [-0.1, -0.05) is 18.2 Å². The molecule has 1 atom stereocenters. The van der Waals surface area contributed by atoms with Crippen molar-refractivity contribution >= 4 is 5.69 Å². The maximum atomic E-state index is 11.0. The number of nitro benzene ring substituents is 1. The number of furan rings is 1. The topological polar surface area (TPSA) is 68.3 Å². The number of benzene rings is 1. The zero-order valence-corrected chi connectivity index (χ0v) is 10.9. The van der Waals surface area contributed by atoms with Gasteiger partial charge in [-0.3, -0.25) is 10.1 Å². The van der Waals surface area contributed by atoms with E-state index in [2.05, 4.69) is 5.32 Å². The van der Waals surface area contributed by atoms with Gasteiger partial charge in [0.15, 0.2) is 0 Å². The maximum absolute atomic E-state index is 11.0. The van der Waals surface area contributed by atoms with E-state index in [9.17, 15) is 10.1 Å². The maximum Gasteiger partial charge on any atom is 0.272 e. The van der Waals surface area contributed by atoms with E-state index in [0.29, 0.717) is 12.0 Å². The van der Waals surface area contributed by atoms with Gasteiger partial charge in [-0.05, 0) is 26.1 Å². The predicted octanol–water partition coefficient (Wildman–Crippen LogP) is 3.00. The van der Waals surface area contributed by atoms with Crippen LogP contribution in [0.5, 0.6) is 0 Å². The van der Waals surface area contributed by atoms with Crippen LogP contribution in [0, 0.1) is 17.0 Å². The van der Waals surface area contributed by atoms with E-state index in [1.165, 1.54) is 6.07 Å². The fourth-order valence-corrected chi connectivity index (χ4v) is 2.07. The highest BCUT2D eigenvalue weighted by molar-refractivity contribution is 5.40.